The van der Waals surface area contributed by atoms with Gasteiger partial charge in [0.15, 0.2) is 5.60 Å². The maximum Gasteiger partial charge on any atom is 0.326 e. The minimum Gasteiger partial charge on any atom is -0.480 e. The van der Waals surface area contributed by atoms with Crippen molar-refractivity contribution in [2.75, 3.05) is 0 Å². The summed E-state index contributed by atoms with van der Waals surface area (Å²) in [7, 11) is 0. The van der Waals surface area contributed by atoms with Gasteiger partial charge >= 0.3 is 5.97 Å². The summed E-state index contributed by atoms with van der Waals surface area (Å²) in [6, 6.07) is 22.6. The van der Waals surface area contributed by atoms with Crippen molar-refractivity contribution < 1.29 is 39.0 Å². The Labute approximate surface area is 254 Å². The number of aliphatic carboxylic acids is 1. The molecule has 0 aromatic heterocycles. The van der Waals surface area contributed by atoms with E-state index in [2.05, 4.69) is 16.0 Å². The third-order valence-electron chi connectivity index (χ3n) is 6.83. The fraction of sp³-hybridized carbons (Fsp3) is 0.273. The van der Waals surface area contributed by atoms with E-state index in [0.29, 0.717) is 18.1 Å². The minimum absolute atomic E-state index is 0.134. The molecule has 44 heavy (non-hydrogen) atoms. The molecule has 0 fully saturated rings. The van der Waals surface area contributed by atoms with Gasteiger partial charge in [-0.05, 0) is 29.5 Å². The average molecular weight is 602 g/mol. The molecular formula is C33H35N3O8. The molecule has 3 amide bonds. The summed E-state index contributed by atoms with van der Waals surface area (Å²) in [5.41, 5.74) is -0.635. The summed E-state index contributed by atoms with van der Waals surface area (Å²) in [6.07, 6.45) is -0.768. The second-order valence-electron chi connectivity index (χ2n) is 10.4. The smallest absolute Gasteiger partial charge is 0.326 e. The Morgan fingerprint density at radius 1 is 0.614 bits per heavy atom. The largest absolute Gasteiger partial charge is 0.480 e. The number of nitrogens with one attached hydrogen (secondary N) is 3. The van der Waals surface area contributed by atoms with Gasteiger partial charge in [-0.3, -0.25) is 14.4 Å². The standard InChI is InChI=1S/C33H35N3O8/c37-21-26(16-23-10-4-1-5-11-23)34-29(39)19-33(44,20-30(40)35-27(22-38)17-24-12-6-2-7-13-24)32(43)36-28(31(41)42)18-25-14-8-3-9-15-25/h1-15,21-22,26-28,44H,16-20H2,(H,34,39)(H,35,40)(H,36,43)(H,41,42). The maximum atomic E-state index is 13.4. The number of carboxylic acids is 1. The molecular weight excluding hydrogens is 566 g/mol. The Morgan fingerprint density at radius 3 is 1.32 bits per heavy atom. The van der Waals surface area contributed by atoms with E-state index < -0.39 is 60.3 Å². The molecule has 11 nitrogen and oxygen atoms in total. The van der Waals surface area contributed by atoms with Gasteiger partial charge in [-0.2, -0.15) is 0 Å². The Bertz CT molecular complexity index is 1350. The monoisotopic (exact) mass is 601 g/mol. The number of carbonyl (C=O) groups is 6. The highest BCUT2D eigenvalue weighted by Crippen LogP contribution is 2.18. The summed E-state index contributed by atoms with van der Waals surface area (Å²) < 4.78 is 0. The number of aldehydes is 2. The van der Waals surface area contributed by atoms with Gasteiger partial charge in [0.05, 0.1) is 24.9 Å². The third-order valence-corrected chi connectivity index (χ3v) is 6.83. The van der Waals surface area contributed by atoms with E-state index in [9.17, 15) is 39.0 Å². The van der Waals surface area contributed by atoms with Crippen LogP contribution in [0.2, 0.25) is 0 Å². The predicted molar refractivity (Wildman–Crippen MR) is 160 cm³/mol. The second-order valence-corrected chi connectivity index (χ2v) is 10.4. The van der Waals surface area contributed by atoms with Crippen LogP contribution < -0.4 is 16.0 Å². The highest BCUT2D eigenvalue weighted by molar-refractivity contribution is 5.97. The lowest BCUT2D eigenvalue weighted by Gasteiger charge is -2.29. The van der Waals surface area contributed by atoms with Crippen LogP contribution >= 0.6 is 0 Å². The molecule has 0 heterocycles. The summed E-state index contributed by atoms with van der Waals surface area (Å²) in [5.74, 6) is -4.52. The number of aliphatic hydroxyl groups is 1. The topological polar surface area (TPSA) is 179 Å². The zero-order valence-electron chi connectivity index (χ0n) is 23.9. The summed E-state index contributed by atoms with van der Waals surface area (Å²) in [6.45, 7) is 0. The van der Waals surface area contributed by atoms with Crippen LogP contribution in [0.4, 0.5) is 0 Å². The number of hydrogen-bond donors (Lipinski definition) is 5. The van der Waals surface area contributed by atoms with Gasteiger partial charge in [0.25, 0.3) is 5.91 Å². The van der Waals surface area contributed by atoms with Crippen LogP contribution in [-0.2, 0) is 48.0 Å². The average Bonchev–Trinajstić information content (AvgIpc) is 3.01. The molecule has 11 heteroatoms. The molecule has 0 aliphatic carbocycles. The minimum atomic E-state index is -2.72. The van der Waals surface area contributed by atoms with Gasteiger partial charge in [-0.1, -0.05) is 91.0 Å². The first-order valence-electron chi connectivity index (χ1n) is 14.0. The Morgan fingerprint density at radius 2 is 0.977 bits per heavy atom. The molecule has 230 valence electrons. The van der Waals surface area contributed by atoms with E-state index in [1.807, 2.05) is 0 Å². The molecule has 3 atom stereocenters. The first-order chi connectivity index (χ1) is 21.1. The van der Waals surface area contributed by atoms with Gasteiger partial charge in [0.1, 0.15) is 18.6 Å². The lowest BCUT2D eigenvalue weighted by atomic mass is 9.91. The summed E-state index contributed by atoms with van der Waals surface area (Å²) in [4.78, 5) is 74.8. The number of benzene rings is 3. The molecule has 3 rings (SSSR count). The number of carbonyl (C=O) groups excluding carboxylic acids is 5. The van der Waals surface area contributed by atoms with Crippen LogP contribution in [0.3, 0.4) is 0 Å². The third kappa shape index (κ3) is 10.6. The maximum absolute atomic E-state index is 13.4. The number of hydrogen-bond acceptors (Lipinski definition) is 7. The van der Waals surface area contributed by atoms with Crippen molar-refractivity contribution in [3.63, 3.8) is 0 Å². The zero-order chi connectivity index (χ0) is 32.0. The van der Waals surface area contributed by atoms with Crippen molar-refractivity contribution in [3.05, 3.63) is 108 Å². The summed E-state index contributed by atoms with van der Waals surface area (Å²) in [5, 5.41) is 28.4. The van der Waals surface area contributed by atoms with Crippen LogP contribution in [0.5, 0.6) is 0 Å². The first kappa shape index (κ1) is 33.3. The molecule has 3 unspecified atom stereocenters. The highest BCUT2D eigenvalue weighted by Gasteiger charge is 2.42. The van der Waals surface area contributed by atoms with Gasteiger partial charge in [-0.25, -0.2) is 4.79 Å². The SMILES string of the molecule is O=CC(Cc1ccccc1)NC(=O)CC(O)(CC(=O)NC(C=O)Cc1ccccc1)C(=O)NC(Cc1ccccc1)C(=O)O. The van der Waals surface area contributed by atoms with Gasteiger partial charge in [0, 0.05) is 6.42 Å². The fourth-order valence-corrected chi connectivity index (χ4v) is 4.61. The fourth-order valence-electron chi connectivity index (χ4n) is 4.61. The quantitative estimate of drug-likeness (QED) is 0.143. The predicted octanol–water partition coefficient (Wildman–Crippen LogP) is 1.16. The van der Waals surface area contributed by atoms with Crippen LogP contribution in [-0.4, -0.2) is 70.2 Å². The van der Waals surface area contributed by atoms with E-state index in [1.165, 1.54) is 0 Å². The van der Waals surface area contributed by atoms with Crippen LogP contribution in [0.1, 0.15) is 29.5 Å². The van der Waals surface area contributed by atoms with Crippen molar-refractivity contribution >= 4 is 36.3 Å². The lowest BCUT2D eigenvalue weighted by Crippen LogP contribution is -2.57. The molecule has 0 aliphatic rings. The van der Waals surface area contributed by atoms with E-state index in [0.717, 1.165) is 11.1 Å². The van der Waals surface area contributed by atoms with Crippen molar-refractivity contribution in [2.45, 2.75) is 55.8 Å². The van der Waals surface area contributed by atoms with Crippen molar-refractivity contribution in [2.24, 2.45) is 0 Å². The van der Waals surface area contributed by atoms with Crippen molar-refractivity contribution in [3.8, 4) is 0 Å². The first-order valence-corrected chi connectivity index (χ1v) is 14.0. The molecule has 0 radical (unpaired) electrons. The molecule has 0 spiro atoms. The second kappa shape index (κ2) is 16.5. The molecule has 0 saturated carbocycles. The van der Waals surface area contributed by atoms with E-state index >= 15 is 0 Å². The van der Waals surface area contributed by atoms with Crippen LogP contribution in [0, 0.1) is 0 Å². The normalized spacial score (nSPS) is 14.1. The number of carboxylic acid groups (broad SMARTS) is 1. The van der Waals surface area contributed by atoms with Crippen LogP contribution in [0.15, 0.2) is 91.0 Å². The van der Waals surface area contributed by atoms with Gasteiger partial charge in [-0.15, -0.1) is 0 Å². The van der Waals surface area contributed by atoms with E-state index in [1.54, 1.807) is 91.0 Å². The van der Waals surface area contributed by atoms with Gasteiger partial charge in [0.2, 0.25) is 11.8 Å². The zero-order valence-corrected chi connectivity index (χ0v) is 23.9. The Balaban J connectivity index is 1.78. The molecule has 3 aromatic carbocycles. The molecule has 0 saturated heterocycles. The highest BCUT2D eigenvalue weighted by atomic mass is 16.4. The van der Waals surface area contributed by atoms with Crippen molar-refractivity contribution in [1.82, 2.24) is 16.0 Å². The lowest BCUT2D eigenvalue weighted by molar-refractivity contribution is -0.153. The number of rotatable bonds is 17. The number of amides is 3. The van der Waals surface area contributed by atoms with Crippen LogP contribution in [0.25, 0.3) is 0 Å². The van der Waals surface area contributed by atoms with E-state index in [-0.39, 0.29) is 19.3 Å². The Kier molecular flexibility index (Phi) is 12.5. The van der Waals surface area contributed by atoms with Crippen molar-refractivity contribution in [1.29, 1.82) is 0 Å². The van der Waals surface area contributed by atoms with Gasteiger partial charge < -0.3 is 35.8 Å². The molecule has 3 aromatic rings. The summed E-state index contributed by atoms with van der Waals surface area (Å²) >= 11 is 0. The Hall–Kier alpha value is -5.16. The molecule has 5 N–H and O–H groups in total. The molecule has 0 aliphatic heterocycles. The molecule has 0 bridgehead atoms. The van der Waals surface area contributed by atoms with E-state index in [4.69, 9.17) is 0 Å².